The summed E-state index contributed by atoms with van der Waals surface area (Å²) in [6, 6.07) is 9.25. The van der Waals surface area contributed by atoms with E-state index in [1.807, 2.05) is 6.92 Å². The van der Waals surface area contributed by atoms with Gasteiger partial charge in [-0.25, -0.2) is 0 Å². The molecule has 1 aromatic rings. The highest BCUT2D eigenvalue weighted by Gasteiger charge is 2.49. The molecule has 148 valence electrons. The van der Waals surface area contributed by atoms with Gasteiger partial charge >= 0.3 is 0 Å². The van der Waals surface area contributed by atoms with E-state index in [1.165, 1.54) is 43.2 Å². The van der Waals surface area contributed by atoms with Crippen molar-refractivity contribution in [2.24, 2.45) is 4.99 Å². The zero-order valence-corrected chi connectivity index (χ0v) is 17.9. The zero-order chi connectivity index (χ0) is 19.7. The van der Waals surface area contributed by atoms with Crippen LogP contribution in [0.3, 0.4) is 0 Å². The van der Waals surface area contributed by atoms with E-state index in [9.17, 15) is 0 Å². The van der Waals surface area contributed by atoms with Gasteiger partial charge in [-0.1, -0.05) is 70.7 Å². The van der Waals surface area contributed by atoms with Crippen molar-refractivity contribution in [2.45, 2.75) is 103 Å². The molecule has 1 aliphatic heterocycles. The number of benzene rings is 1. The summed E-state index contributed by atoms with van der Waals surface area (Å²) in [7, 11) is 0. The second kappa shape index (κ2) is 7.77. The molecule has 1 aliphatic carbocycles. The number of aliphatic imine (C=N–C) groups is 1. The monoisotopic (exact) mass is 367 g/mol. The Hall–Kier alpha value is -1.64. The SMILES string of the molecule is CCCC1(C)N=C(N(C(C)=N)C2CCCCC2)c2ccccc2C1(C)CC. The molecule has 2 aliphatic rings. The Kier molecular flexibility index (Phi) is 5.79. The van der Waals surface area contributed by atoms with Gasteiger partial charge in [0.2, 0.25) is 0 Å². The van der Waals surface area contributed by atoms with Crippen LogP contribution in [0.1, 0.15) is 97.1 Å². The molecule has 1 heterocycles. The van der Waals surface area contributed by atoms with Gasteiger partial charge in [0.15, 0.2) is 0 Å². The average molecular weight is 368 g/mol. The highest BCUT2D eigenvalue weighted by Crippen LogP contribution is 2.48. The minimum atomic E-state index is -0.136. The van der Waals surface area contributed by atoms with E-state index >= 15 is 0 Å². The van der Waals surface area contributed by atoms with Gasteiger partial charge < -0.3 is 4.90 Å². The normalized spacial score (nSPS) is 28.4. The molecule has 0 spiro atoms. The third-order valence-corrected chi connectivity index (χ3v) is 7.28. The van der Waals surface area contributed by atoms with Gasteiger partial charge in [-0.15, -0.1) is 0 Å². The van der Waals surface area contributed by atoms with Gasteiger partial charge in [-0.3, -0.25) is 10.4 Å². The van der Waals surface area contributed by atoms with Crippen molar-refractivity contribution in [3.05, 3.63) is 35.4 Å². The van der Waals surface area contributed by atoms with Crippen LogP contribution in [0.5, 0.6) is 0 Å². The van der Waals surface area contributed by atoms with Crippen LogP contribution >= 0.6 is 0 Å². The highest BCUT2D eigenvalue weighted by molar-refractivity contribution is 6.10. The Morgan fingerprint density at radius 1 is 1.15 bits per heavy atom. The fourth-order valence-corrected chi connectivity index (χ4v) is 5.39. The Morgan fingerprint density at radius 3 is 2.41 bits per heavy atom. The maximum atomic E-state index is 8.59. The number of amidine groups is 2. The third-order valence-electron chi connectivity index (χ3n) is 7.28. The van der Waals surface area contributed by atoms with Crippen LogP contribution in [0.4, 0.5) is 0 Å². The lowest BCUT2D eigenvalue weighted by Gasteiger charge is -2.50. The maximum absolute atomic E-state index is 8.59. The minimum Gasteiger partial charge on any atom is -0.312 e. The minimum absolute atomic E-state index is 0.0251. The van der Waals surface area contributed by atoms with Crippen LogP contribution in [0.2, 0.25) is 0 Å². The lowest BCUT2D eigenvalue weighted by atomic mass is 9.61. The Balaban J connectivity index is 2.18. The number of nitrogens with one attached hydrogen (secondary N) is 1. The Bertz CT molecular complexity index is 716. The first-order valence-corrected chi connectivity index (χ1v) is 10.9. The standard InChI is InChI=1S/C24H37N3/c1-6-17-24(5)23(4,7-2)21-16-12-11-15-20(21)22(26-24)27(18(3)25)19-13-9-8-10-14-19/h11-12,15-16,19,25H,6-10,13-14,17H2,1-5H3. The molecular formula is C24H37N3. The van der Waals surface area contributed by atoms with E-state index in [0.717, 1.165) is 25.1 Å². The van der Waals surface area contributed by atoms with E-state index in [4.69, 9.17) is 10.4 Å². The van der Waals surface area contributed by atoms with Gasteiger partial charge in [0, 0.05) is 17.0 Å². The summed E-state index contributed by atoms with van der Waals surface area (Å²) in [5.74, 6) is 1.68. The largest absolute Gasteiger partial charge is 0.312 e. The summed E-state index contributed by atoms with van der Waals surface area (Å²) >= 11 is 0. The zero-order valence-electron chi connectivity index (χ0n) is 17.9. The van der Waals surface area contributed by atoms with E-state index in [-0.39, 0.29) is 11.0 Å². The van der Waals surface area contributed by atoms with Crippen molar-refractivity contribution in [1.82, 2.24) is 4.90 Å². The molecule has 0 radical (unpaired) electrons. The summed E-state index contributed by atoms with van der Waals surface area (Å²) in [5, 5.41) is 8.59. The topological polar surface area (TPSA) is 39.5 Å². The Morgan fingerprint density at radius 2 is 1.81 bits per heavy atom. The van der Waals surface area contributed by atoms with Crippen molar-refractivity contribution in [1.29, 1.82) is 5.41 Å². The quantitative estimate of drug-likeness (QED) is 0.492. The lowest BCUT2D eigenvalue weighted by molar-refractivity contribution is 0.221. The van der Waals surface area contributed by atoms with Gasteiger partial charge in [-0.2, -0.15) is 0 Å². The summed E-state index contributed by atoms with van der Waals surface area (Å²) in [4.78, 5) is 7.73. The molecule has 3 heteroatoms. The van der Waals surface area contributed by atoms with Crippen LogP contribution in [0.15, 0.2) is 29.3 Å². The number of hydrogen-bond acceptors (Lipinski definition) is 2. The van der Waals surface area contributed by atoms with Crippen LogP contribution in [0.25, 0.3) is 0 Å². The molecular weight excluding hydrogens is 330 g/mol. The van der Waals surface area contributed by atoms with Gasteiger partial charge in [0.05, 0.1) is 11.4 Å². The second-order valence-corrected chi connectivity index (χ2v) is 8.94. The number of fused-ring (bicyclic) bond motifs is 1. The van der Waals surface area contributed by atoms with Crippen molar-refractivity contribution in [3.8, 4) is 0 Å². The average Bonchev–Trinajstić information content (AvgIpc) is 2.67. The number of hydrogen-bond donors (Lipinski definition) is 1. The van der Waals surface area contributed by atoms with Crippen molar-refractivity contribution in [2.75, 3.05) is 0 Å². The Labute approximate surface area is 165 Å². The molecule has 1 fully saturated rings. The first-order chi connectivity index (χ1) is 12.9. The maximum Gasteiger partial charge on any atom is 0.137 e. The predicted octanol–water partition coefficient (Wildman–Crippen LogP) is 6.31. The lowest BCUT2D eigenvalue weighted by Crippen LogP contribution is -2.54. The summed E-state index contributed by atoms with van der Waals surface area (Å²) in [6.07, 6.45) is 9.48. The third kappa shape index (κ3) is 3.34. The summed E-state index contributed by atoms with van der Waals surface area (Å²) in [6.45, 7) is 11.2. The van der Waals surface area contributed by atoms with Crippen LogP contribution in [-0.4, -0.2) is 28.2 Å². The van der Waals surface area contributed by atoms with E-state index < -0.39 is 0 Å². The fraction of sp³-hybridized carbons (Fsp3) is 0.667. The molecule has 3 nitrogen and oxygen atoms in total. The van der Waals surface area contributed by atoms with Gasteiger partial charge in [-0.05, 0) is 45.1 Å². The molecule has 0 aromatic heterocycles. The molecule has 0 amide bonds. The number of nitrogens with zero attached hydrogens (tertiary/aromatic N) is 2. The van der Waals surface area contributed by atoms with E-state index in [1.54, 1.807) is 0 Å². The smallest absolute Gasteiger partial charge is 0.137 e. The van der Waals surface area contributed by atoms with E-state index in [0.29, 0.717) is 11.9 Å². The molecule has 0 saturated heterocycles. The molecule has 0 bridgehead atoms. The molecule has 2 atom stereocenters. The molecule has 1 N–H and O–H groups in total. The molecule has 1 aromatic carbocycles. The molecule has 1 saturated carbocycles. The highest BCUT2D eigenvalue weighted by atomic mass is 15.3. The van der Waals surface area contributed by atoms with Crippen molar-refractivity contribution >= 4 is 11.7 Å². The van der Waals surface area contributed by atoms with Crippen LogP contribution < -0.4 is 0 Å². The summed E-state index contributed by atoms with van der Waals surface area (Å²) < 4.78 is 0. The molecule has 27 heavy (non-hydrogen) atoms. The van der Waals surface area contributed by atoms with Crippen molar-refractivity contribution < 1.29 is 0 Å². The van der Waals surface area contributed by atoms with E-state index in [2.05, 4.69) is 56.9 Å². The second-order valence-electron chi connectivity index (χ2n) is 8.94. The van der Waals surface area contributed by atoms with Crippen molar-refractivity contribution in [3.63, 3.8) is 0 Å². The molecule has 2 unspecified atom stereocenters. The summed E-state index contributed by atoms with van der Waals surface area (Å²) in [5.41, 5.74) is 2.54. The molecule has 3 rings (SSSR count). The fourth-order valence-electron chi connectivity index (χ4n) is 5.39. The van der Waals surface area contributed by atoms with Gasteiger partial charge in [0.25, 0.3) is 0 Å². The first kappa shape index (κ1) is 20.1. The predicted molar refractivity (Wildman–Crippen MR) is 116 cm³/mol. The number of rotatable bonds is 4. The van der Waals surface area contributed by atoms with Crippen LogP contribution in [0, 0.1) is 5.41 Å². The first-order valence-electron chi connectivity index (χ1n) is 10.9. The van der Waals surface area contributed by atoms with Crippen LogP contribution in [-0.2, 0) is 5.41 Å². The van der Waals surface area contributed by atoms with Gasteiger partial charge in [0.1, 0.15) is 5.84 Å².